The first-order valence-electron chi connectivity index (χ1n) is 6.42. The summed E-state index contributed by atoms with van der Waals surface area (Å²) >= 11 is 0. The van der Waals surface area contributed by atoms with E-state index in [1.165, 1.54) is 0 Å². The van der Waals surface area contributed by atoms with Crippen molar-refractivity contribution in [2.45, 2.75) is 45.7 Å². The van der Waals surface area contributed by atoms with Crippen molar-refractivity contribution in [3.63, 3.8) is 0 Å². The molecule has 1 heterocycles. The van der Waals surface area contributed by atoms with Crippen molar-refractivity contribution in [1.29, 1.82) is 0 Å². The van der Waals surface area contributed by atoms with Crippen molar-refractivity contribution in [2.24, 2.45) is 5.73 Å². The smallest absolute Gasteiger partial charge is 0.239 e. The minimum atomic E-state index is 0.0230. The van der Waals surface area contributed by atoms with Crippen molar-refractivity contribution in [3.8, 4) is 0 Å². The third-order valence-corrected chi connectivity index (χ3v) is 3.31. The minimum absolute atomic E-state index is 0.0230. The van der Waals surface area contributed by atoms with Crippen LogP contribution in [0.2, 0.25) is 0 Å². The van der Waals surface area contributed by atoms with Crippen molar-refractivity contribution >= 4 is 5.91 Å². The summed E-state index contributed by atoms with van der Waals surface area (Å²) in [5.74, 6) is 0.256. The van der Waals surface area contributed by atoms with E-state index in [0.29, 0.717) is 0 Å². The summed E-state index contributed by atoms with van der Waals surface area (Å²) in [4.78, 5) is 16.4. The summed E-state index contributed by atoms with van der Waals surface area (Å²) in [5.41, 5.74) is 5.95. The predicted octanol–water partition coefficient (Wildman–Crippen LogP) is 0.666. The van der Waals surface area contributed by atoms with Gasteiger partial charge >= 0.3 is 0 Å². The van der Waals surface area contributed by atoms with E-state index < -0.39 is 0 Å². The van der Waals surface area contributed by atoms with Gasteiger partial charge < -0.3 is 10.6 Å². The van der Waals surface area contributed by atoms with Crippen LogP contribution in [0.5, 0.6) is 0 Å². The quantitative estimate of drug-likeness (QED) is 0.751. The maximum atomic E-state index is 12.3. The van der Waals surface area contributed by atoms with Gasteiger partial charge in [-0.1, -0.05) is 6.92 Å². The van der Waals surface area contributed by atoms with Gasteiger partial charge in [-0.25, -0.2) is 0 Å². The topological polar surface area (TPSA) is 49.6 Å². The molecule has 0 radical (unpaired) electrons. The number of amides is 1. The lowest BCUT2D eigenvalue weighted by molar-refractivity contribution is -0.135. The number of hydrogen-bond acceptors (Lipinski definition) is 3. The van der Waals surface area contributed by atoms with E-state index in [9.17, 15) is 4.79 Å². The molecule has 0 spiro atoms. The second-order valence-corrected chi connectivity index (χ2v) is 4.52. The number of carbonyl (C=O) groups is 1. The molecule has 16 heavy (non-hydrogen) atoms. The van der Waals surface area contributed by atoms with Gasteiger partial charge in [-0.2, -0.15) is 0 Å². The molecule has 0 aliphatic carbocycles. The van der Waals surface area contributed by atoms with Crippen LogP contribution in [0.15, 0.2) is 0 Å². The number of nitrogens with zero attached hydrogens (tertiary/aromatic N) is 2. The van der Waals surface area contributed by atoms with Crippen molar-refractivity contribution in [1.82, 2.24) is 9.80 Å². The second kappa shape index (κ2) is 6.21. The molecule has 0 aromatic carbocycles. The zero-order valence-corrected chi connectivity index (χ0v) is 10.8. The number of rotatable bonds is 5. The molecule has 1 amide bonds. The molecule has 94 valence electrons. The van der Waals surface area contributed by atoms with Gasteiger partial charge in [0.1, 0.15) is 0 Å². The van der Waals surface area contributed by atoms with Crippen LogP contribution in [-0.4, -0.2) is 54.0 Å². The number of likely N-dealkylation sites (tertiary alicyclic amines) is 1. The average Bonchev–Trinajstić information content (AvgIpc) is 2.62. The first-order valence-corrected chi connectivity index (χ1v) is 6.42. The Hall–Kier alpha value is -0.610. The Bertz CT molecular complexity index is 228. The molecular weight excluding hydrogens is 202 g/mol. The summed E-state index contributed by atoms with van der Waals surface area (Å²) in [6, 6.07) is 0.186. The molecule has 0 unspecified atom stereocenters. The van der Waals surface area contributed by atoms with Crippen molar-refractivity contribution in [3.05, 3.63) is 0 Å². The Morgan fingerprint density at radius 2 is 2.00 bits per heavy atom. The lowest BCUT2D eigenvalue weighted by Gasteiger charge is -2.28. The number of nitrogens with two attached hydrogens (primary N) is 1. The largest absolute Gasteiger partial charge is 0.342 e. The average molecular weight is 227 g/mol. The van der Waals surface area contributed by atoms with Gasteiger partial charge in [-0.15, -0.1) is 0 Å². The number of likely N-dealkylation sites (N-methyl/N-ethyl adjacent to an activating group) is 1. The van der Waals surface area contributed by atoms with Crippen LogP contribution in [0.4, 0.5) is 0 Å². The fourth-order valence-electron chi connectivity index (χ4n) is 2.48. The Morgan fingerprint density at radius 3 is 2.50 bits per heavy atom. The van der Waals surface area contributed by atoms with Gasteiger partial charge in [0.2, 0.25) is 5.91 Å². The molecule has 4 heteroatoms. The lowest BCUT2D eigenvalue weighted by Crippen LogP contribution is -2.45. The van der Waals surface area contributed by atoms with Gasteiger partial charge in [-0.05, 0) is 33.2 Å². The normalized spacial score (nSPS) is 26.0. The third kappa shape index (κ3) is 2.95. The molecule has 2 atom stereocenters. The van der Waals surface area contributed by atoms with Crippen LogP contribution in [0.3, 0.4) is 0 Å². The molecule has 4 nitrogen and oxygen atoms in total. The monoisotopic (exact) mass is 227 g/mol. The Labute approximate surface area is 98.8 Å². The minimum Gasteiger partial charge on any atom is -0.342 e. The molecule has 1 saturated heterocycles. The highest BCUT2D eigenvalue weighted by Crippen LogP contribution is 2.18. The van der Waals surface area contributed by atoms with Crippen molar-refractivity contribution < 1.29 is 4.79 Å². The summed E-state index contributed by atoms with van der Waals surface area (Å²) in [7, 11) is 0. The molecular formula is C12H25N3O. The first kappa shape index (κ1) is 13.5. The third-order valence-electron chi connectivity index (χ3n) is 3.31. The fourth-order valence-corrected chi connectivity index (χ4v) is 2.48. The predicted molar refractivity (Wildman–Crippen MR) is 66.2 cm³/mol. The highest BCUT2D eigenvalue weighted by molar-refractivity contribution is 5.82. The molecule has 2 N–H and O–H groups in total. The molecule has 0 bridgehead atoms. The summed E-state index contributed by atoms with van der Waals surface area (Å²) in [5, 5.41) is 0. The van der Waals surface area contributed by atoms with Crippen LogP contribution in [0, 0.1) is 0 Å². The highest BCUT2D eigenvalue weighted by atomic mass is 16.2. The Balaban J connectivity index is 2.65. The van der Waals surface area contributed by atoms with Crippen LogP contribution in [0.25, 0.3) is 0 Å². The van der Waals surface area contributed by atoms with E-state index >= 15 is 0 Å². The van der Waals surface area contributed by atoms with E-state index in [-0.39, 0.29) is 18.0 Å². The molecule has 1 fully saturated rings. The molecule has 1 aliphatic heterocycles. The molecule has 0 aromatic heterocycles. The zero-order chi connectivity index (χ0) is 12.1. The first-order chi connectivity index (χ1) is 7.63. The Kier molecular flexibility index (Phi) is 5.22. The van der Waals surface area contributed by atoms with Crippen LogP contribution < -0.4 is 5.73 Å². The summed E-state index contributed by atoms with van der Waals surface area (Å²) in [6.07, 6.45) is 1.89. The molecule has 1 aliphatic rings. The van der Waals surface area contributed by atoms with E-state index in [1.54, 1.807) is 0 Å². The van der Waals surface area contributed by atoms with E-state index in [1.807, 2.05) is 18.7 Å². The SMILES string of the molecule is CCCN1C[C@@H](N)C[C@H]1C(=O)N(CC)CC. The Morgan fingerprint density at radius 1 is 1.38 bits per heavy atom. The standard InChI is InChI=1S/C12H25N3O/c1-4-7-15-9-10(13)8-11(15)12(16)14(5-2)6-3/h10-11H,4-9,13H2,1-3H3/t10-,11-/m0/s1. The molecule has 1 rings (SSSR count). The van der Waals surface area contributed by atoms with Gasteiger partial charge in [0.15, 0.2) is 0 Å². The van der Waals surface area contributed by atoms with Crippen molar-refractivity contribution in [2.75, 3.05) is 26.2 Å². The lowest BCUT2D eigenvalue weighted by atomic mass is 10.1. The van der Waals surface area contributed by atoms with Gasteiger partial charge in [0, 0.05) is 25.7 Å². The van der Waals surface area contributed by atoms with E-state index in [2.05, 4.69) is 11.8 Å². The summed E-state index contributed by atoms with van der Waals surface area (Å²) in [6.45, 7) is 9.63. The zero-order valence-electron chi connectivity index (χ0n) is 10.8. The van der Waals surface area contributed by atoms with Gasteiger partial charge in [-0.3, -0.25) is 9.69 Å². The summed E-state index contributed by atoms with van der Waals surface area (Å²) < 4.78 is 0. The van der Waals surface area contributed by atoms with Crippen LogP contribution in [-0.2, 0) is 4.79 Å². The maximum absolute atomic E-state index is 12.3. The van der Waals surface area contributed by atoms with Gasteiger partial charge in [0.25, 0.3) is 0 Å². The number of hydrogen-bond donors (Lipinski definition) is 1. The van der Waals surface area contributed by atoms with E-state index in [4.69, 9.17) is 5.73 Å². The second-order valence-electron chi connectivity index (χ2n) is 4.52. The number of carbonyl (C=O) groups excluding carboxylic acids is 1. The molecule has 0 aromatic rings. The highest BCUT2D eigenvalue weighted by Gasteiger charge is 2.36. The molecule has 0 saturated carbocycles. The maximum Gasteiger partial charge on any atom is 0.239 e. The van der Waals surface area contributed by atoms with Gasteiger partial charge in [0.05, 0.1) is 6.04 Å². The fraction of sp³-hybridized carbons (Fsp3) is 0.917. The van der Waals surface area contributed by atoms with E-state index in [0.717, 1.165) is 39.0 Å². The van der Waals surface area contributed by atoms with Crippen LogP contribution >= 0.6 is 0 Å². The van der Waals surface area contributed by atoms with Crippen LogP contribution in [0.1, 0.15) is 33.6 Å².